The molecule has 0 aromatic heterocycles. The average Bonchev–Trinajstić information content (AvgIpc) is 2.48. The normalized spacial score (nSPS) is 18.5. The number of esters is 1. The number of halogens is 1. The van der Waals surface area contributed by atoms with Crippen LogP contribution >= 0.6 is 11.6 Å². The zero-order valence-electron chi connectivity index (χ0n) is 11.7. The van der Waals surface area contributed by atoms with Crippen LogP contribution in [0, 0.1) is 5.92 Å². The van der Waals surface area contributed by atoms with Gasteiger partial charge in [0.15, 0.2) is 5.78 Å². The van der Waals surface area contributed by atoms with Crippen LogP contribution in [0.3, 0.4) is 0 Å². The maximum absolute atomic E-state index is 12.2. The molecule has 0 saturated carbocycles. The number of carbonyl (C=O) groups excluding carboxylic acids is 3. The first-order valence-electron chi connectivity index (χ1n) is 6.64. The lowest BCUT2D eigenvalue weighted by Crippen LogP contribution is -2.47. The summed E-state index contributed by atoms with van der Waals surface area (Å²) >= 11 is 5.79. The van der Waals surface area contributed by atoms with Crippen LogP contribution in [0.2, 0.25) is 5.02 Å². The first-order chi connectivity index (χ1) is 10.0. The molecule has 1 atom stereocenters. The number of carbonyl (C=O) groups is 3. The van der Waals surface area contributed by atoms with Crippen LogP contribution in [0.25, 0.3) is 0 Å². The van der Waals surface area contributed by atoms with Crippen LogP contribution in [0.1, 0.15) is 12.0 Å². The van der Waals surface area contributed by atoms with Gasteiger partial charge in [-0.3, -0.25) is 14.4 Å². The number of rotatable bonds is 3. The second-order valence-electron chi connectivity index (χ2n) is 4.95. The fourth-order valence-electron chi connectivity index (χ4n) is 2.32. The number of hydrogen-bond acceptors (Lipinski definition) is 4. The van der Waals surface area contributed by atoms with E-state index in [0.29, 0.717) is 18.0 Å². The number of methoxy groups -OCH3 is 1. The van der Waals surface area contributed by atoms with Gasteiger partial charge in [-0.05, 0) is 24.1 Å². The first kappa shape index (κ1) is 15.5. The third-order valence-electron chi connectivity index (χ3n) is 3.53. The minimum Gasteiger partial charge on any atom is -0.468 e. The minimum atomic E-state index is -0.741. The molecule has 0 aliphatic carbocycles. The standard InChI is InChI=1S/C15H16ClNO4/c1-21-15(20)12-6-7-17(9-13(12)18)14(19)8-10-2-4-11(16)5-3-10/h2-5,12H,6-9H2,1H3. The number of likely N-dealkylation sites (tertiary alicyclic amines) is 1. The van der Waals surface area contributed by atoms with E-state index in [4.69, 9.17) is 11.6 Å². The predicted octanol–water partition coefficient (Wildman–Crippen LogP) is 1.47. The number of nitrogens with zero attached hydrogens (tertiary/aromatic N) is 1. The minimum absolute atomic E-state index is 0.0355. The molecule has 21 heavy (non-hydrogen) atoms. The van der Waals surface area contributed by atoms with Gasteiger partial charge in [0.2, 0.25) is 5.91 Å². The Morgan fingerprint density at radius 2 is 2.00 bits per heavy atom. The monoisotopic (exact) mass is 309 g/mol. The summed E-state index contributed by atoms with van der Waals surface area (Å²) in [5.74, 6) is -1.66. The van der Waals surface area contributed by atoms with E-state index in [2.05, 4.69) is 4.74 Å². The molecule has 1 fully saturated rings. The molecule has 5 nitrogen and oxygen atoms in total. The number of piperidine rings is 1. The molecule has 1 aliphatic heterocycles. The van der Waals surface area contributed by atoms with Gasteiger partial charge >= 0.3 is 5.97 Å². The molecular weight excluding hydrogens is 294 g/mol. The molecule has 0 radical (unpaired) electrons. The zero-order valence-corrected chi connectivity index (χ0v) is 12.4. The highest BCUT2D eigenvalue weighted by Gasteiger charge is 2.34. The topological polar surface area (TPSA) is 63.7 Å². The second kappa shape index (κ2) is 6.72. The van der Waals surface area contributed by atoms with Crippen molar-refractivity contribution >= 4 is 29.3 Å². The molecule has 1 heterocycles. The first-order valence-corrected chi connectivity index (χ1v) is 7.02. The van der Waals surface area contributed by atoms with Crippen molar-refractivity contribution in [2.24, 2.45) is 5.92 Å². The van der Waals surface area contributed by atoms with E-state index in [1.54, 1.807) is 24.3 Å². The van der Waals surface area contributed by atoms with Gasteiger partial charge in [0.1, 0.15) is 5.92 Å². The van der Waals surface area contributed by atoms with Gasteiger partial charge in [0, 0.05) is 11.6 Å². The van der Waals surface area contributed by atoms with Crippen LogP contribution in [0.5, 0.6) is 0 Å². The third kappa shape index (κ3) is 3.82. The van der Waals surface area contributed by atoms with Gasteiger partial charge < -0.3 is 9.64 Å². The van der Waals surface area contributed by atoms with Crippen molar-refractivity contribution < 1.29 is 19.1 Å². The Hall–Kier alpha value is -1.88. The van der Waals surface area contributed by atoms with Gasteiger partial charge in [-0.25, -0.2) is 0 Å². The van der Waals surface area contributed by atoms with Gasteiger partial charge in [0.25, 0.3) is 0 Å². The van der Waals surface area contributed by atoms with Gasteiger partial charge in [0.05, 0.1) is 20.1 Å². The molecule has 1 amide bonds. The largest absolute Gasteiger partial charge is 0.468 e. The van der Waals surface area contributed by atoms with Crippen molar-refractivity contribution in [2.45, 2.75) is 12.8 Å². The molecule has 1 aromatic carbocycles. The molecule has 0 bridgehead atoms. The maximum Gasteiger partial charge on any atom is 0.316 e. The van der Waals surface area contributed by atoms with E-state index in [-0.39, 0.29) is 24.7 Å². The van der Waals surface area contributed by atoms with E-state index in [1.807, 2.05) is 0 Å². The molecule has 2 rings (SSSR count). The Kier molecular flexibility index (Phi) is 4.96. The number of ketones is 1. The van der Waals surface area contributed by atoms with E-state index >= 15 is 0 Å². The van der Waals surface area contributed by atoms with Crippen LogP contribution in [0.4, 0.5) is 0 Å². The predicted molar refractivity (Wildman–Crippen MR) is 76.9 cm³/mol. The summed E-state index contributed by atoms with van der Waals surface area (Å²) in [5, 5.41) is 0.611. The lowest BCUT2D eigenvalue weighted by atomic mass is 9.95. The van der Waals surface area contributed by atoms with Crippen molar-refractivity contribution in [1.82, 2.24) is 4.90 Å². The third-order valence-corrected chi connectivity index (χ3v) is 3.78. The summed E-state index contributed by atoms with van der Waals surface area (Å²) < 4.78 is 4.59. The number of ether oxygens (including phenoxy) is 1. The van der Waals surface area contributed by atoms with Crippen LogP contribution in [-0.2, 0) is 25.5 Å². The Morgan fingerprint density at radius 1 is 1.33 bits per heavy atom. The van der Waals surface area contributed by atoms with Crippen molar-refractivity contribution in [3.05, 3.63) is 34.9 Å². The zero-order chi connectivity index (χ0) is 15.4. The highest BCUT2D eigenvalue weighted by molar-refractivity contribution is 6.30. The Labute approximate surface area is 127 Å². The van der Waals surface area contributed by atoms with Crippen molar-refractivity contribution in [3.63, 3.8) is 0 Å². The number of hydrogen-bond donors (Lipinski definition) is 0. The highest BCUT2D eigenvalue weighted by atomic mass is 35.5. The Morgan fingerprint density at radius 3 is 2.57 bits per heavy atom. The fraction of sp³-hybridized carbons (Fsp3) is 0.400. The van der Waals surface area contributed by atoms with E-state index in [1.165, 1.54) is 12.0 Å². The quantitative estimate of drug-likeness (QED) is 0.626. The van der Waals surface area contributed by atoms with Gasteiger partial charge in [-0.1, -0.05) is 23.7 Å². The lowest BCUT2D eigenvalue weighted by molar-refractivity contribution is -0.154. The SMILES string of the molecule is COC(=O)C1CCN(C(=O)Cc2ccc(Cl)cc2)CC1=O. The number of benzene rings is 1. The molecule has 1 aromatic rings. The molecule has 6 heteroatoms. The summed E-state index contributed by atoms with van der Waals surface area (Å²) in [4.78, 5) is 37.0. The molecule has 0 N–H and O–H groups in total. The number of amides is 1. The van der Waals surface area contributed by atoms with Crippen molar-refractivity contribution in [3.8, 4) is 0 Å². The molecule has 1 saturated heterocycles. The highest BCUT2D eigenvalue weighted by Crippen LogP contribution is 2.17. The van der Waals surface area contributed by atoms with Crippen LogP contribution < -0.4 is 0 Å². The van der Waals surface area contributed by atoms with E-state index in [9.17, 15) is 14.4 Å². The second-order valence-corrected chi connectivity index (χ2v) is 5.39. The maximum atomic E-state index is 12.2. The molecule has 0 spiro atoms. The summed E-state index contributed by atoms with van der Waals surface area (Å²) in [6.45, 7) is 0.351. The Bertz CT molecular complexity index is 555. The molecule has 1 unspecified atom stereocenters. The molecule has 112 valence electrons. The van der Waals surface area contributed by atoms with Crippen molar-refractivity contribution in [2.75, 3.05) is 20.2 Å². The Balaban J connectivity index is 1.94. The van der Waals surface area contributed by atoms with Crippen LogP contribution in [-0.4, -0.2) is 42.8 Å². The molecular formula is C15H16ClNO4. The van der Waals surface area contributed by atoms with Crippen LogP contribution in [0.15, 0.2) is 24.3 Å². The summed E-state index contributed by atoms with van der Waals surface area (Å²) in [6.07, 6.45) is 0.533. The van der Waals surface area contributed by atoms with Crippen molar-refractivity contribution in [1.29, 1.82) is 0 Å². The van der Waals surface area contributed by atoms with Gasteiger partial charge in [-0.15, -0.1) is 0 Å². The van der Waals surface area contributed by atoms with E-state index < -0.39 is 11.9 Å². The lowest BCUT2D eigenvalue weighted by Gasteiger charge is -2.29. The summed E-state index contributed by atoms with van der Waals surface area (Å²) in [7, 11) is 1.26. The van der Waals surface area contributed by atoms with Gasteiger partial charge in [-0.2, -0.15) is 0 Å². The fourth-order valence-corrected chi connectivity index (χ4v) is 2.44. The summed E-state index contributed by atoms with van der Waals surface area (Å²) in [6, 6.07) is 7.00. The van der Waals surface area contributed by atoms with E-state index in [0.717, 1.165) is 5.56 Å². The summed E-state index contributed by atoms with van der Waals surface area (Å²) in [5.41, 5.74) is 0.840. The number of Topliss-reactive ketones (excluding diaryl/α,β-unsaturated/α-hetero) is 1. The average molecular weight is 310 g/mol. The molecule has 1 aliphatic rings. The smallest absolute Gasteiger partial charge is 0.316 e.